The summed E-state index contributed by atoms with van der Waals surface area (Å²) in [4.78, 5) is 29.1. The van der Waals surface area contributed by atoms with Gasteiger partial charge in [0.2, 0.25) is 12.0 Å². The molecule has 138 valence electrons. The highest BCUT2D eigenvalue weighted by molar-refractivity contribution is 7.22. The number of carbonyl (C=O) groups is 2. The first-order chi connectivity index (χ1) is 13.1. The van der Waals surface area contributed by atoms with Crippen LogP contribution in [0.4, 0.5) is 5.13 Å². The maximum Gasteiger partial charge on any atom is 0.265 e. The van der Waals surface area contributed by atoms with E-state index in [1.807, 2.05) is 30.3 Å². The molecule has 0 bridgehead atoms. The molecule has 2 amide bonds. The van der Waals surface area contributed by atoms with Gasteiger partial charge in [0.05, 0.1) is 10.2 Å². The molecule has 0 saturated carbocycles. The summed E-state index contributed by atoms with van der Waals surface area (Å²) < 4.78 is 12.2. The van der Waals surface area contributed by atoms with Crippen molar-refractivity contribution in [2.24, 2.45) is 0 Å². The summed E-state index contributed by atoms with van der Waals surface area (Å²) in [6.45, 7) is 1.70. The van der Waals surface area contributed by atoms with E-state index in [1.54, 1.807) is 25.1 Å². The molecule has 27 heavy (non-hydrogen) atoms. The number of benzene rings is 2. The number of rotatable bonds is 4. The van der Waals surface area contributed by atoms with Crippen LogP contribution in [0, 0.1) is 0 Å². The lowest BCUT2D eigenvalue weighted by Crippen LogP contribution is -2.50. The molecule has 1 aliphatic rings. The molecular formula is C19H17N3O4S. The average Bonchev–Trinajstić information content (AvgIpc) is 3.09. The minimum Gasteiger partial charge on any atom is -0.485 e. The summed E-state index contributed by atoms with van der Waals surface area (Å²) in [5.74, 6) is 0.356. The van der Waals surface area contributed by atoms with Crippen molar-refractivity contribution in [3.05, 3.63) is 48.5 Å². The Morgan fingerprint density at radius 3 is 2.70 bits per heavy atom. The highest BCUT2D eigenvalue weighted by Gasteiger charge is 2.29. The number of fused-ring (bicyclic) bond motifs is 2. The van der Waals surface area contributed by atoms with Gasteiger partial charge in [0, 0.05) is 0 Å². The first-order valence-corrected chi connectivity index (χ1v) is 9.27. The molecule has 2 atom stereocenters. The van der Waals surface area contributed by atoms with Crippen molar-refractivity contribution in [1.82, 2.24) is 10.3 Å². The van der Waals surface area contributed by atoms with Crippen molar-refractivity contribution in [2.45, 2.75) is 19.1 Å². The zero-order valence-corrected chi connectivity index (χ0v) is 15.3. The summed E-state index contributed by atoms with van der Waals surface area (Å²) in [5.41, 5.74) is 0.820. The van der Waals surface area contributed by atoms with Crippen molar-refractivity contribution in [3.63, 3.8) is 0 Å². The van der Waals surface area contributed by atoms with Gasteiger partial charge < -0.3 is 20.1 Å². The molecule has 0 radical (unpaired) electrons. The quantitative estimate of drug-likeness (QED) is 0.723. The Balaban J connectivity index is 1.36. The Kier molecular flexibility index (Phi) is 4.64. The van der Waals surface area contributed by atoms with Crippen molar-refractivity contribution in [1.29, 1.82) is 0 Å². The molecule has 7 nitrogen and oxygen atoms in total. The van der Waals surface area contributed by atoms with Crippen molar-refractivity contribution < 1.29 is 19.1 Å². The first kappa shape index (κ1) is 17.3. The van der Waals surface area contributed by atoms with Crippen LogP contribution in [0.3, 0.4) is 0 Å². The van der Waals surface area contributed by atoms with Crippen molar-refractivity contribution in [2.75, 3.05) is 11.9 Å². The molecule has 1 unspecified atom stereocenters. The molecule has 4 rings (SSSR count). The van der Waals surface area contributed by atoms with Gasteiger partial charge in [-0.1, -0.05) is 35.6 Å². The maximum absolute atomic E-state index is 12.4. The lowest BCUT2D eigenvalue weighted by Gasteiger charge is -2.26. The monoisotopic (exact) mass is 383 g/mol. The number of aromatic nitrogens is 1. The van der Waals surface area contributed by atoms with E-state index in [4.69, 9.17) is 9.47 Å². The number of ether oxygens (including phenoxy) is 2. The average molecular weight is 383 g/mol. The molecule has 1 aromatic heterocycles. The number of amides is 2. The number of thiazole rings is 1. The Bertz CT molecular complexity index is 970. The fraction of sp³-hybridized carbons (Fsp3) is 0.211. The van der Waals surface area contributed by atoms with Gasteiger partial charge >= 0.3 is 0 Å². The van der Waals surface area contributed by atoms with Gasteiger partial charge in [0.25, 0.3) is 5.91 Å². The van der Waals surface area contributed by atoms with Crippen LogP contribution in [-0.2, 0) is 9.59 Å². The number of nitrogens with zero attached hydrogens (tertiary/aromatic N) is 1. The van der Waals surface area contributed by atoms with Crippen LogP contribution in [0.2, 0.25) is 0 Å². The number of nitrogens with one attached hydrogen (secondary N) is 2. The van der Waals surface area contributed by atoms with Crippen LogP contribution in [0.15, 0.2) is 48.5 Å². The first-order valence-electron chi connectivity index (χ1n) is 8.45. The predicted octanol–water partition coefficient (Wildman–Crippen LogP) is 2.58. The summed E-state index contributed by atoms with van der Waals surface area (Å²) in [6.07, 6.45) is -0.808. The number of carbonyl (C=O) groups excluding carboxylic acids is 2. The molecule has 3 aromatic rings. The Morgan fingerprint density at radius 2 is 1.89 bits per heavy atom. The third-order valence-electron chi connectivity index (χ3n) is 4.08. The van der Waals surface area contributed by atoms with Gasteiger partial charge in [0.1, 0.15) is 12.6 Å². The van der Waals surface area contributed by atoms with E-state index in [0.29, 0.717) is 16.6 Å². The topological polar surface area (TPSA) is 89.5 Å². The minimum atomic E-state index is -0.808. The summed E-state index contributed by atoms with van der Waals surface area (Å²) in [6, 6.07) is 14.0. The number of hydrogen-bond donors (Lipinski definition) is 2. The Hall–Kier alpha value is -3.13. The number of para-hydroxylation sites is 3. The van der Waals surface area contributed by atoms with E-state index in [-0.39, 0.29) is 12.5 Å². The second-order valence-electron chi connectivity index (χ2n) is 6.07. The molecule has 0 spiro atoms. The zero-order valence-electron chi connectivity index (χ0n) is 14.5. The highest BCUT2D eigenvalue weighted by atomic mass is 32.1. The van der Waals surface area contributed by atoms with E-state index >= 15 is 0 Å². The van der Waals surface area contributed by atoms with Gasteiger partial charge in [-0.25, -0.2) is 4.98 Å². The molecule has 0 aliphatic carbocycles. The summed E-state index contributed by atoms with van der Waals surface area (Å²) >= 11 is 1.38. The van der Waals surface area contributed by atoms with Crippen LogP contribution < -0.4 is 20.1 Å². The number of hydrogen-bond acceptors (Lipinski definition) is 6. The second kappa shape index (κ2) is 7.24. The van der Waals surface area contributed by atoms with E-state index < -0.39 is 18.1 Å². The standard InChI is InChI=1S/C19H17N3O4S/c1-11(17(23)22-19-21-12-6-2-5-9-16(12)27-19)20-18(24)15-10-25-13-7-3-4-8-14(13)26-15/h2-9,11,15H,10H2,1H3,(H,20,24)(H,21,22,23)/t11-,15?/m0/s1. The van der Waals surface area contributed by atoms with Crippen LogP contribution in [0.1, 0.15) is 6.92 Å². The molecule has 1 aliphatic heterocycles. The summed E-state index contributed by atoms with van der Waals surface area (Å²) in [7, 11) is 0. The van der Waals surface area contributed by atoms with Gasteiger partial charge in [-0.2, -0.15) is 0 Å². The lowest BCUT2D eigenvalue weighted by molar-refractivity contribution is -0.133. The van der Waals surface area contributed by atoms with Crippen LogP contribution >= 0.6 is 11.3 Å². The maximum atomic E-state index is 12.4. The van der Waals surface area contributed by atoms with E-state index in [2.05, 4.69) is 15.6 Å². The van der Waals surface area contributed by atoms with E-state index in [0.717, 1.165) is 10.2 Å². The molecule has 0 saturated heterocycles. The van der Waals surface area contributed by atoms with Crippen LogP contribution in [0.25, 0.3) is 10.2 Å². The highest BCUT2D eigenvalue weighted by Crippen LogP contribution is 2.31. The van der Waals surface area contributed by atoms with Gasteiger partial charge in [-0.3, -0.25) is 9.59 Å². The second-order valence-corrected chi connectivity index (χ2v) is 7.10. The molecule has 2 aromatic carbocycles. The molecular weight excluding hydrogens is 366 g/mol. The van der Waals surface area contributed by atoms with Gasteiger partial charge in [-0.15, -0.1) is 0 Å². The third-order valence-corrected chi connectivity index (χ3v) is 5.03. The SMILES string of the molecule is C[C@H](NC(=O)C1COc2ccccc2O1)C(=O)Nc1nc2ccccc2s1. The minimum absolute atomic E-state index is 0.0923. The van der Waals surface area contributed by atoms with E-state index in [1.165, 1.54) is 11.3 Å². The molecule has 2 N–H and O–H groups in total. The zero-order chi connectivity index (χ0) is 18.8. The fourth-order valence-electron chi connectivity index (χ4n) is 2.66. The largest absolute Gasteiger partial charge is 0.485 e. The molecule has 0 fully saturated rings. The molecule has 2 heterocycles. The van der Waals surface area contributed by atoms with E-state index in [9.17, 15) is 9.59 Å². The predicted molar refractivity (Wildman–Crippen MR) is 102 cm³/mol. The van der Waals surface area contributed by atoms with Gasteiger partial charge in [0.15, 0.2) is 16.6 Å². The Morgan fingerprint density at radius 1 is 1.15 bits per heavy atom. The number of anilines is 1. The smallest absolute Gasteiger partial charge is 0.265 e. The summed E-state index contributed by atoms with van der Waals surface area (Å²) in [5, 5.41) is 5.89. The van der Waals surface area contributed by atoms with Gasteiger partial charge in [-0.05, 0) is 31.2 Å². The molecule has 8 heteroatoms. The Labute approximate surface area is 159 Å². The van der Waals surface area contributed by atoms with Crippen molar-refractivity contribution in [3.8, 4) is 11.5 Å². The fourth-order valence-corrected chi connectivity index (χ4v) is 3.53. The lowest BCUT2D eigenvalue weighted by atomic mass is 10.2. The third kappa shape index (κ3) is 3.70. The van der Waals surface area contributed by atoms with Crippen LogP contribution in [-0.4, -0.2) is 35.6 Å². The van der Waals surface area contributed by atoms with Crippen LogP contribution in [0.5, 0.6) is 11.5 Å². The normalized spacial score (nSPS) is 16.6. The van der Waals surface area contributed by atoms with Crippen molar-refractivity contribution >= 4 is 38.5 Å².